The van der Waals surface area contributed by atoms with E-state index < -0.39 is 0 Å². The summed E-state index contributed by atoms with van der Waals surface area (Å²) in [6.45, 7) is 3.35. The lowest BCUT2D eigenvalue weighted by Crippen LogP contribution is -2.37. The van der Waals surface area contributed by atoms with E-state index in [-0.39, 0.29) is 6.03 Å². The molecule has 0 unspecified atom stereocenters. The smallest absolute Gasteiger partial charge is 0.317 e. The molecule has 0 atom stereocenters. The molecule has 1 N–H and O–H groups in total. The number of nitrogens with zero attached hydrogens (tertiary/aromatic N) is 2. The molecule has 0 fully saturated rings. The summed E-state index contributed by atoms with van der Waals surface area (Å²) >= 11 is 3.34. The van der Waals surface area contributed by atoms with Gasteiger partial charge in [-0.25, -0.2) is 9.78 Å². The van der Waals surface area contributed by atoms with Crippen molar-refractivity contribution in [1.29, 1.82) is 0 Å². The SMILES string of the molecule is Cc1ccc(CN(C)C(=O)NCCc2nccs2)s1. The van der Waals surface area contributed by atoms with Crippen molar-refractivity contribution < 1.29 is 4.79 Å². The lowest BCUT2D eigenvalue weighted by Gasteiger charge is -2.16. The maximum Gasteiger partial charge on any atom is 0.317 e. The van der Waals surface area contributed by atoms with Crippen molar-refractivity contribution in [3.05, 3.63) is 38.5 Å². The number of amides is 2. The number of hydrogen-bond donors (Lipinski definition) is 1. The summed E-state index contributed by atoms with van der Waals surface area (Å²) in [4.78, 5) is 20.2. The van der Waals surface area contributed by atoms with Gasteiger partial charge in [-0.15, -0.1) is 22.7 Å². The topological polar surface area (TPSA) is 45.2 Å². The largest absolute Gasteiger partial charge is 0.338 e. The average molecular weight is 295 g/mol. The van der Waals surface area contributed by atoms with Crippen LogP contribution in [0.4, 0.5) is 4.79 Å². The van der Waals surface area contributed by atoms with Crippen LogP contribution < -0.4 is 5.32 Å². The molecule has 2 aromatic rings. The molecule has 0 aromatic carbocycles. The van der Waals surface area contributed by atoms with Gasteiger partial charge in [-0.1, -0.05) is 0 Å². The summed E-state index contributed by atoms with van der Waals surface area (Å²) in [6, 6.07) is 4.11. The Kier molecular flexibility index (Phi) is 4.93. The number of thiophene rings is 1. The van der Waals surface area contributed by atoms with E-state index in [0.29, 0.717) is 13.1 Å². The molecule has 6 heteroatoms. The third kappa shape index (κ3) is 4.33. The molecule has 2 rings (SSSR count). The van der Waals surface area contributed by atoms with E-state index in [4.69, 9.17) is 0 Å². The number of rotatable bonds is 5. The summed E-state index contributed by atoms with van der Waals surface area (Å²) in [5.74, 6) is 0. The van der Waals surface area contributed by atoms with Gasteiger partial charge in [0.1, 0.15) is 0 Å². The first-order chi connectivity index (χ1) is 9.15. The zero-order chi connectivity index (χ0) is 13.7. The Morgan fingerprint density at radius 2 is 2.32 bits per heavy atom. The minimum Gasteiger partial charge on any atom is -0.338 e. The Bertz CT molecular complexity index is 522. The third-order valence-corrected chi connectivity index (χ3v) is 4.46. The summed E-state index contributed by atoms with van der Waals surface area (Å²) in [7, 11) is 1.81. The number of urea groups is 1. The molecule has 0 radical (unpaired) electrons. The van der Waals surface area contributed by atoms with Gasteiger partial charge in [0.05, 0.1) is 11.6 Å². The van der Waals surface area contributed by atoms with Crippen molar-refractivity contribution in [3.63, 3.8) is 0 Å². The van der Waals surface area contributed by atoms with Crippen LogP contribution in [0.3, 0.4) is 0 Å². The molecular formula is C13H17N3OS2. The van der Waals surface area contributed by atoms with Crippen molar-refractivity contribution in [3.8, 4) is 0 Å². The van der Waals surface area contributed by atoms with Crippen LogP contribution in [0.15, 0.2) is 23.7 Å². The van der Waals surface area contributed by atoms with Crippen molar-refractivity contribution in [1.82, 2.24) is 15.2 Å². The molecular weight excluding hydrogens is 278 g/mol. The lowest BCUT2D eigenvalue weighted by atomic mass is 10.4. The average Bonchev–Trinajstić information content (AvgIpc) is 3.01. The molecule has 0 bridgehead atoms. The van der Waals surface area contributed by atoms with Gasteiger partial charge in [-0.2, -0.15) is 0 Å². The lowest BCUT2D eigenvalue weighted by molar-refractivity contribution is 0.207. The van der Waals surface area contributed by atoms with Gasteiger partial charge in [0, 0.05) is 41.3 Å². The Morgan fingerprint density at radius 3 is 2.95 bits per heavy atom. The van der Waals surface area contributed by atoms with Gasteiger partial charge in [-0.05, 0) is 19.1 Å². The van der Waals surface area contributed by atoms with Gasteiger partial charge in [-0.3, -0.25) is 0 Å². The van der Waals surface area contributed by atoms with Gasteiger partial charge in [0.25, 0.3) is 0 Å². The molecule has 0 saturated carbocycles. The van der Waals surface area contributed by atoms with Crippen molar-refractivity contribution in [2.24, 2.45) is 0 Å². The molecule has 0 aliphatic heterocycles. The van der Waals surface area contributed by atoms with Crippen LogP contribution in [0.2, 0.25) is 0 Å². The second-order valence-electron chi connectivity index (χ2n) is 4.28. The van der Waals surface area contributed by atoms with Gasteiger partial charge in [0.15, 0.2) is 0 Å². The first-order valence-corrected chi connectivity index (χ1v) is 7.77. The molecule has 2 heterocycles. The van der Waals surface area contributed by atoms with Gasteiger partial charge >= 0.3 is 6.03 Å². The Balaban J connectivity index is 1.73. The summed E-state index contributed by atoms with van der Waals surface area (Å²) in [6.07, 6.45) is 2.57. The highest BCUT2D eigenvalue weighted by Crippen LogP contribution is 2.16. The molecule has 19 heavy (non-hydrogen) atoms. The molecule has 0 spiro atoms. The van der Waals surface area contributed by atoms with E-state index in [1.807, 2.05) is 12.4 Å². The first kappa shape index (κ1) is 14.0. The first-order valence-electron chi connectivity index (χ1n) is 6.08. The monoisotopic (exact) mass is 295 g/mol. The van der Waals surface area contributed by atoms with Crippen LogP contribution >= 0.6 is 22.7 Å². The molecule has 2 amide bonds. The fourth-order valence-electron chi connectivity index (χ4n) is 1.66. The summed E-state index contributed by atoms with van der Waals surface area (Å²) < 4.78 is 0. The zero-order valence-corrected chi connectivity index (χ0v) is 12.7. The normalized spacial score (nSPS) is 10.4. The van der Waals surface area contributed by atoms with Crippen molar-refractivity contribution in [2.75, 3.05) is 13.6 Å². The summed E-state index contributed by atoms with van der Waals surface area (Å²) in [5.41, 5.74) is 0. The van der Waals surface area contributed by atoms with Crippen LogP contribution in [0.25, 0.3) is 0 Å². The second-order valence-corrected chi connectivity index (χ2v) is 6.63. The third-order valence-electron chi connectivity index (χ3n) is 2.63. The molecule has 0 aliphatic carbocycles. The highest BCUT2D eigenvalue weighted by Gasteiger charge is 2.09. The fourth-order valence-corrected chi connectivity index (χ4v) is 3.23. The Morgan fingerprint density at radius 1 is 1.47 bits per heavy atom. The second kappa shape index (κ2) is 6.68. The Labute approximate surface area is 121 Å². The highest BCUT2D eigenvalue weighted by molar-refractivity contribution is 7.11. The van der Waals surface area contributed by atoms with E-state index in [1.54, 1.807) is 33.8 Å². The van der Waals surface area contributed by atoms with Crippen LogP contribution in [-0.4, -0.2) is 29.5 Å². The number of nitrogens with one attached hydrogen (secondary N) is 1. The Hall–Kier alpha value is -1.40. The zero-order valence-electron chi connectivity index (χ0n) is 11.0. The van der Waals surface area contributed by atoms with E-state index in [0.717, 1.165) is 11.4 Å². The number of carbonyl (C=O) groups excluding carboxylic acids is 1. The van der Waals surface area contributed by atoms with E-state index in [2.05, 4.69) is 29.4 Å². The van der Waals surface area contributed by atoms with Gasteiger partial charge < -0.3 is 10.2 Å². The van der Waals surface area contributed by atoms with E-state index in [1.165, 1.54) is 9.75 Å². The van der Waals surface area contributed by atoms with E-state index >= 15 is 0 Å². The standard InChI is InChI=1S/C13H17N3OS2/c1-10-3-4-11(19-10)9-16(2)13(17)15-6-5-12-14-7-8-18-12/h3-4,7-8H,5-6,9H2,1-2H3,(H,15,17). The predicted octanol–water partition coefficient (Wildman–Crippen LogP) is 2.90. The van der Waals surface area contributed by atoms with Crippen LogP contribution in [0.5, 0.6) is 0 Å². The summed E-state index contributed by atoms with van der Waals surface area (Å²) in [5, 5.41) is 5.91. The van der Waals surface area contributed by atoms with Crippen LogP contribution in [0.1, 0.15) is 14.8 Å². The van der Waals surface area contributed by atoms with Crippen LogP contribution in [0, 0.1) is 6.92 Å². The number of aryl methyl sites for hydroxylation is 1. The van der Waals surface area contributed by atoms with Gasteiger partial charge in [0.2, 0.25) is 0 Å². The van der Waals surface area contributed by atoms with E-state index in [9.17, 15) is 4.79 Å². The fraction of sp³-hybridized carbons (Fsp3) is 0.385. The predicted molar refractivity (Wildman–Crippen MR) is 79.7 cm³/mol. The minimum absolute atomic E-state index is 0.0393. The molecule has 0 saturated heterocycles. The molecule has 2 aromatic heterocycles. The van der Waals surface area contributed by atoms with Crippen molar-refractivity contribution in [2.45, 2.75) is 19.9 Å². The maximum absolute atomic E-state index is 11.9. The number of thiazole rings is 1. The number of hydrogen-bond acceptors (Lipinski definition) is 4. The number of aromatic nitrogens is 1. The van der Waals surface area contributed by atoms with Crippen molar-refractivity contribution >= 4 is 28.7 Å². The molecule has 102 valence electrons. The quantitative estimate of drug-likeness (QED) is 0.922. The molecule has 0 aliphatic rings. The maximum atomic E-state index is 11.9. The molecule has 4 nitrogen and oxygen atoms in total. The minimum atomic E-state index is -0.0393. The number of carbonyl (C=O) groups is 1. The highest BCUT2D eigenvalue weighted by atomic mass is 32.1. The van der Waals surface area contributed by atoms with Crippen LogP contribution in [-0.2, 0) is 13.0 Å².